The van der Waals surface area contributed by atoms with E-state index < -0.39 is 0 Å². The molecule has 15 heavy (non-hydrogen) atoms. The molecule has 0 aliphatic rings. The Hall–Kier alpha value is -0.920. The normalized spacial score (nSPS) is 12.9. The number of aromatic nitrogens is 2. The standard InChI is InChI=1S/C13H22N2/c1-12(2,3)7-10-8-14-9-11(15-10)13(4,5)6/h8-9H,7H2,1-6H3. The third-order valence-electron chi connectivity index (χ3n) is 2.16. The molecule has 0 radical (unpaired) electrons. The average molecular weight is 206 g/mol. The van der Waals surface area contributed by atoms with Crippen molar-refractivity contribution in [3.8, 4) is 0 Å². The number of rotatable bonds is 1. The minimum Gasteiger partial charge on any atom is -0.261 e. The summed E-state index contributed by atoms with van der Waals surface area (Å²) in [6, 6.07) is 0. The van der Waals surface area contributed by atoms with Gasteiger partial charge in [0.1, 0.15) is 0 Å². The van der Waals surface area contributed by atoms with Gasteiger partial charge in [0.2, 0.25) is 0 Å². The van der Waals surface area contributed by atoms with Crippen molar-refractivity contribution in [1.29, 1.82) is 0 Å². The summed E-state index contributed by atoms with van der Waals surface area (Å²) in [6.45, 7) is 13.2. The fourth-order valence-corrected chi connectivity index (χ4v) is 1.40. The van der Waals surface area contributed by atoms with Gasteiger partial charge >= 0.3 is 0 Å². The van der Waals surface area contributed by atoms with Crippen LogP contribution in [0.3, 0.4) is 0 Å². The van der Waals surface area contributed by atoms with Crippen molar-refractivity contribution in [2.24, 2.45) is 5.41 Å². The molecule has 0 aromatic carbocycles. The number of hydrogen-bond acceptors (Lipinski definition) is 2. The van der Waals surface area contributed by atoms with Gasteiger partial charge < -0.3 is 0 Å². The lowest BCUT2D eigenvalue weighted by atomic mass is 9.89. The van der Waals surface area contributed by atoms with Crippen LogP contribution in [-0.2, 0) is 11.8 Å². The van der Waals surface area contributed by atoms with Crippen LogP contribution in [0.2, 0.25) is 0 Å². The topological polar surface area (TPSA) is 25.8 Å². The summed E-state index contributed by atoms with van der Waals surface area (Å²) in [4.78, 5) is 8.94. The van der Waals surface area contributed by atoms with E-state index >= 15 is 0 Å². The van der Waals surface area contributed by atoms with E-state index in [9.17, 15) is 0 Å². The Balaban J connectivity index is 2.94. The summed E-state index contributed by atoms with van der Waals surface area (Å²) in [7, 11) is 0. The summed E-state index contributed by atoms with van der Waals surface area (Å²) in [6.07, 6.45) is 4.72. The van der Waals surface area contributed by atoms with Gasteiger partial charge in [0.15, 0.2) is 0 Å². The molecule has 1 aromatic heterocycles. The van der Waals surface area contributed by atoms with Crippen molar-refractivity contribution >= 4 is 0 Å². The van der Waals surface area contributed by atoms with Gasteiger partial charge in [-0.15, -0.1) is 0 Å². The molecule has 1 heterocycles. The fourth-order valence-electron chi connectivity index (χ4n) is 1.40. The molecular weight excluding hydrogens is 184 g/mol. The highest BCUT2D eigenvalue weighted by Gasteiger charge is 2.18. The van der Waals surface area contributed by atoms with E-state index in [1.807, 2.05) is 12.4 Å². The Morgan fingerprint density at radius 3 is 2.07 bits per heavy atom. The maximum absolute atomic E-state index is 4.67. The predicted molar refractivity (Wildman–Crippen MR) is 63.9 cm³/mol. The van der Waals surface area contributed by atoms with E-state index in [-0.39, 0.29) is 10.8 Å². The van der Waals surface area contributed by atoms with Gasteiger partial charge in [0.25, 0.3) is 0 Å². The molecule has 0 saturated carbocycles. The maximum Gasteiger partial charge on any atom is 0.0643 e. The van der Waals surface area contributed by atoms with Crippen molar-refractivity contribution in [2.75, 3.05) is 0 Å². The van der Waals surface area contributed by atoms with Gasteiger partial charge in [0, 0.05) is 17.8 Å². The Labute approximate surface area is 93.2 Å². The quantitative estimate of drug-likeness (QED) is 0.704. The first kappa shape index (κ1) is 12.2. The number of hydrogen-bond donors (Lipinski definition) is 0. The first-order chi connectivity index (χ1) is 6.68. The SMILES string of the molecule is CC(C)(C)Cc1cncc(C(C)(C)C)n1. The second kappa shape index (κ2) is 3.92. The number of nitrogens with zero attached hydrogens (tertiary/aromatic N) is 2. The van der Waals surface area contributed by atoms with Gasteiger partial charge in [0.05, 0.1) is 11.4 Å². The molecule has 0 spiro atoms. The van der Waals surface area contributed by atoms with Crippen LogP contribution in [0.4, 0.5) is 0 Å². The maximum atomic E-state index is 4.67. The van der Waals surface area contributed by atoms with Crippen LogP contribution in [0, 0.1) is 5.41 Å². The largest absolute Gasteiger partial charge is 0.261 e. The van der Waals surface area contributed by atoms with E-state index in [0.29, 0.717) is 0 Å². The molecule has 0 atom stereocenters. The van der Waals surface area contributed by atoms with Crippen molar-refractivity contribution in [1.82, 2.24) is 9.97 Å². The van der Waals surface area contributed by atoms with Crippen LogP contribution in [0.1, 0.15) is 52.9 Å². The van der Waals surface area contributed by atoms with Gasteiger partial charge in [-0.1, -0.05) is 41.5 Å². The highest BCUT2D eigenvalue weighted by Crippen LogP contribution is 2.22. The molecule has 0 aliphatic heterocycles. The zero-order valence-electron chi connectivity index (χ0n) is 10.8. The molecule has 0 bridgehead atoms. The minimum atomic E-state index is 0.0842. The molecule has 1 rings (SSSR count). The first-order valence-electron chi connectivity index (χ1n) is 5.50. The van der Waals surface area contributed by atoms with Crippen LogP contribution >= 0.6 is 0 Å². The van der Waals surface area contributed by atoms with E-state index in [1.54, 1.807) is 0 Å². The van der Waals surface area contributed by atoms with Crippen LogP contribution in [0.15, 0.2) is 12.4 Å². The summed E-state index contributed by atoms with van der Waals surface area (Å²) < 4.78 is 0. The second-order valence-electron chi connectivity index (χ2n) is 6.38. The fraction of sp³-hybridized carbons (Fsp3) is 0.692. The zero-order valence-corrected chi connectivity index (χ0v) is 10.8. The van der Waals surface area contributed by atoms with Gasteiger partial charge in [-0.25, -0.2) is 0 Å². The van der Waals surface area contributed by atoms with Crippen molar-refractivity contribution in [3.63, 3.8) is 0 Å². The van der Waals surface area contributed by atoms with Gasteiger partial charge in [-0.3, -0.25) is 9.97 Å². The summed E-state index contributed by atoms with van der Waals surface area (Å²) in [5.41, 5.74) is 2.52. The molecule has 1 aromatic rings. The van der Waals surface area contributed by atoms with Crippen LogP contribution < -0.4 is 0 Å². The van der Waals surface area contributed by atoms with Gasteiger partial charge in [-0.05, 0) is 11.8 Å². The van der Waals surface area contributed by atoms with Crippen molar-refractivity contribution < 1.29 is 0 Å². The van der Waals surface area contributed by atoms with Gasteiger partial charge in [-0.2, -0.15) is 0 Å². The Morgan fingerprint density at radius 2 is 1.60 bits per heavy atom. The molecule has 0 saturated heterocycles. The Morgan fingerprint density at radius 1 is 1.00 bits per heavy atom. The summed E-state index contributed by atoms with van der Waals surface area (Å²) >= 11 is 0. The average Bonchev–Trinajstić information content (AvgIpc) is 1.99. The van der Waals surface area contributed by atoms with E-state index in [2.05, 4.69) is 51.5 Å². The summed E-state index contributed by atoms with van der Waals surface area (Å²) in [5.74, 6) is 0. The molecule has 0 N–H and O–H groups in total. The van der Waals surface area contributed by atoms with Crippen LogP contribution in [0.25, 0.3) is 0 Å². The van der Waals surface area contributed by atoms with Crippen molar-refractivity contribution in [2.45, 2.75) is 53.4 Å². The Bertz CT molecular complexity index is 329. The molecule has 0 aliphatic carbocycles. The first-order valence-corrected chi connectivity index (χ1v) is 5.50. The smallest absolute Gasteiger partial charge is 0.0643 e. The predicted octanol–water partition coefficient (Wildman–Crippen LogP) is 3.36. The molecule has 0 amide bonds. The second-order valence-corrected chi connectivity index (χ2v) is 6.38. The van der Waals surface area contributed by atoms with E-state index in [0.717, 1.165) is 17.8 Å². The minimum absolute atomic E-state index is 0.0842. The van der Waals surface area contributed by atoms with E-state index in [4.69, 9.17) is 0 Å². The van der Waals surface area contributed by atoms with Crippen LogP contribution in [-0.4, -0.2) is 9.97 Å². The Kier molecular flexibility index (Phi) is 3.17. The molecular formula is C13H22N2. The lowest BCUT2D eigenvalue weighted by molar-refractivity contribution is 0.403. The third kappa shape index (κ3) is 3.98. The molecule has 2 heteroatoms. The van der Waals surface area contributed by atoms with Crippen LogP contribution in [0.5, 0.6) is 0 Å². The zero-order chi connectivity index (χ0) is 11.7. The third-order valence-corrected chi connectivity index (χ3v) is 2.16. The van der Waals surface area contributed by atoms with E-state index in [1.165, 1.54) is 0 Å². The molecule has 0 unspecified atom stereocenters. The lowest BCUT2D eigenvalue weighted by Gasteiger charge is -2.21. The highest BCUT2D eigenvalue weighted by molar-refractivity contribution is 5.12. The molecule has 2 nitrogen and oxygen atoms in total. The summed E-state index contributed by atoms with van der Waals surface area (Å²) in [5, 5.41) is 0. The molecule has 0 fully saturated rings. The monoisotopic (exact) mass is 206 g/mol. The lowest BCUT2D eigenvalue weighted by Crippen LogP contribution is -2.17. The highest BCUT2D eigenvalue weighted by atomic mass is 14.8. The molecule has 84 valence electrons. The van der Waals surface area contributed by atoms with Crippen molar-refractivity contribution in [3.05, 3.63) is 23.8 Å².